The van der Waals surface area contributed by atoms with Crippen molar-refractivity contribution in [1.82, 2.24) is 25.0 Å². The molecule has 0 aliphatic carbocycles. The number of aliphatic carboxylic acids is 1. The second kappa shape index (κ2) is 8.22. The number of thioether (sulfide) groups is 1. The Bertz CT molecular complexity index is 900. The number of halogens is 1. The molecule has 0 radical (unpaired) electrons. The zero-order chi connectivity index (χ0) is 18.5. The molecular weight excluding hydrogens is 357 g/mol. The van der Waals surface area contributed by atoms with Crippen LogP contribution in [0.5, 0.6) is 0 Å². The zero-order valence-electron chi connectivity index (χ0n) is 14.2. The number of fused-ring (bicyclic) bond motifs is 1. The first-order valence-electron chi connectivity index (χ1n) is 8.26. The molecule has 3 aromatic rings. The van der Waals surface area contributed by atoms with Gasteiger partial charge in [0.15, 0.2) is 11.2 Å². The van der Waals surface area contributed by atoms with Gasteiger partial charge in [-0.05, 0) is 24.1 Å². The van der Waals surface area contributed by atoms with Crippen LogP contribution in [-0.4, -0.2) is 41.3 Å². The van der Waals surface area contributed by atoms with Crippen LogP contribution < -0.4 is 0 Å². The third kappa shape index (κ3) is 4.16. The van der Waals surface area contributed by atoms with E-state index < -0.39 is 11.2 Å². The van der Waals surface area contributed by atoms with Gasteiger partial charge < -0.3 is 5.11 Å². The van der Waals surface area contributed by atoms with Crippen molar-refractivity contribution < 1.29 is 14.3 Å². The summed E-state index contributed by atoms with van der Waals surface area (Å²) in [5.74, 6) is -1.17. The van der Waals surface area contributed by atoms with E-state index in [1.807, 2.05) is 6.92 Å². The largest absolute Gasteiger partial charge is 0.480 e. The third-order valence-electron chi connectivity index (χ3n) is 3.86. The van der Waals surface area contributed by atoms with Crippen LogP contribution in [-0.2, 0) is 11.3 Å². The number of rotatable bonds is 8. The second-order valence-corrected chi connectivity index (χ2v) is 7.00. The Balaban J connectivity index is 1.85. The normalized spacial score (nSPS) is 12.4. The molecule has 7 nitrogen and oxygen atoms in total. The van der Waals surface area contributed by atoms with E-state index in [1.54, 1.807) is 16.8 Å². The molecule has 0 aliphatic heterocycles. The lowest BCUT2D eigenvalue weighted by Gasteiger charge is -2.10. The van der Waals surface area contributed by atoms with E-state index in [2.05, 4.69) is 20.3 Å². The predicted octanol–water partition coefficient (Wildman–Crippen LogP) is 3.14. The summed E-state index contributed by atoms with van der Waals surface area (Å²) >= 11 is 1.17. The minimum absolute atomic E-state index is 0.301. The summed E-state index contributed by atoms with van der Waals surface area (Å²) in [7, 11) is 0. The summed E-state index contributed by atoms with van der Waals surface area (Å²) in [5, 5.41) is 17.6. The quantitative estimate of drug-likeness (QED) is 0.477. The van der Waals surface area contributed by atoms with Crippen molar-refractivity contribution in [2.45, 2.75) is 43.0 Å². The fourth-order valence-electron chi connectivity index (χ4n) is 2.48. The number of aromatic nitrogens is 5. The van der Waals surface area contributed by atoms with E-state index >= 15 is 0 Å². The average Bonchev–Trinajstić information content (AvgIpc) is 3.04. The van der Waals surface area contributed by atoms with Crippen LogP contribution >= 0.6 is 11.8 Å². The van der Waals surface area contributed by atoms with Gasteiger partial charge in [0.2, 0.25) is 0 Å². The summed E-state index contributed by atoms with van der Waals surface area (Å²) in [6, 6.07) is 6.11. The topological polar surface area (TPSA) is 93.8 Å². The highest BCUT2D eigenvalue weighted by Gasteiger charge is 2.22. The SMILES string of the molecule is CCCC[C@H](Sc1ncnc2c1nnn2Cc1ccc(F)cc1)C(=O)O. The van der Waals surface area contributed by atoms with Crippen LogP contribution in [0.1, 0.15) is 31.7 Å². The molecule has 26 heavy (non-hydrogen) atoms. The number of hydrogen-bond donors (Lipinski definition) is 1. The van der Waals surface area contributed by atoms with Crippen LogP contribution in [0.2, 0.25) is 0 Å². The van der Waals surface area contributed by atoms with E-state index in [1.165, 1.54) is 30.2 Å². The first kappa shape index (κ1) is 18.2. The van der Waals surface area contributed by atoms with Gasteiger partial charge in [-0.1, -0.05) is 48.9 Å². The van der Waals surface area contributed by atoms with E-state index in [4.69, 9.17) is 0 Å². The number of hydrogen-bond acceptors (Lipinski definition) is 6. The summed E-state index contributed by atoms with van der Waals surface area (Å²) in [6.07, 6.45) is 3.70. The van der Waals surface area contributed by atoms with E-state index in [-0.39, 0.29) is 5.82 Å². The Labute approximate surface area is 153 Å². The smallest absolute Gasteiger partial charge is 0.317 e. The molecule has 0 unspecified atom stereocenters. The molecule has 1 atom stereocenters. The lowest BCUT2D eigenvalue weighted by Crippen LogP contribution is -2.16. The van der Waals surface area contributed by atoms with Gasteiger partial charge in [0.1, 0.15) is 22.4 Å². The van der Waals surface area contributed by atoms with Gasteiger partial charge in [-0.3, -0.25) is 4.79 Å². The molecule has 0 fully saturated rings. The maximum atomic E-state index is 13.0. The molecule has 0 saturated carbocycles. The number of benzene rings is 1. The van der Waals surface area contributed by atoms with Crippen molar-refractivity contribution in [2.24, 2.45) is 0 Å². The Hall–Kier alpha value is -2.55. The molecule has 3 rings (SSSR count). The van der Waals surface area contributed by atoms with E-state index in [9.17, 15) is 14.3 Å². The highest BCUT2D eigenvalue weighted by atomic mass is 32.2. The number of carbonyl (C=O) groups is 1. The molecular formula is C17H18FN5O2S. The Morgan fingerprint density at radius 2 is 2.08 bits per heavy atom. The zero-order valence-corrected chi connectivity index (χ0v) is 15.0. The maximum Gasteiger partial charge on any atom is 0.317 e. The number of carboxylic acid groups (broad SMARTS) is 1. The van der Waals surface area contributed by atoms with E-state index in [0.717, 1.165) is 18.4 Å². The van der Waals surface area contributed by atoms with Crippen LogP contribution in [0.15, 0.2) is 35.6 Å². The summed E-state index contributed by atoms with van der Waals surface area (Å²) in [6.45, 7) is 2.41. The van der Waals surface area contributed by atoms with Crippen molar-refractivity contribution in [3.8, 4) is 0 Å². The number of unbranched alkanes of at least 4 members (excludes halogenated alkanes) is 1. The van der Waals surface area contributed by atoms with Gasteiger partial charge in [-0.15, -0.1) is 5.10 Å². The summed E-state index contributed by atoms with van der Waals surface area (Å²) in [4.78, 5) is 19.9. The lowest BCUT2D eigenvalue weighted by atomic mass is 10.2. The first-order valence-corrected chi connectivity index (χ1v) is 9.14. The van der Waals surface area contributed by atoms with Gasteiger partial charge in [0.25, 0.3) is 0 Å². The molecule has 1 aromatic carbocycles. The van der Waals surface area contributed by atoms with Crippen LogP contribution in [0.3, 0.4) is 0 Å². The van der Waals surface area contributed by atoms with Crippen molar-refractivity contribution in [1.29, 1.82) is 0 Å². The van der Waals surface area contributed by atoms with Crippen molar-refractivity contribution in [2.75, 3.05) is 0 Å². The molecule has 0 bridgehead atoms. The van der Waals surface area contributed by atoms with Crippen LogP contribution in [0.4, 0.5) is 4.39 Å². The standard InChI is InChI=1S/C17H18FN5O2S/c1-2-3-4-13(17(24)25)26-16-14-15(19-10-20-16)23(22-21-14)9-11-5-7-12(18)8-6-11/h5-8,10,13H,2-4,9H2,1H3,(H,24,25)/t13-/m0/s1. The molecule has 0 aliphatic rings. The van der Waals surface area contributed by atoms with E-state index in [0.29, 0.717) is 29.2 Å². The Kier molecular flexibility index (Phi) is 5.77. The van der Waals surface area contributed by atoms with Gasteiger partial charge in [-0.25, -0.2) is 19.0 Å². The van der Waals surface area contributed by atoms with Gasteiger partial charge >= 0.3 is 5.97 Å². The Morgan fingerprint density at radius 3 is 2.77 bits per heavy atom. The Morgan fingerprint density at radius 1 is 1.31 bits per heavy atom. The predicted molar refractivity (Wildman–Crippen MR) is 95.4 cm³/mol. The molecule has 0 amide bonds. The van der Waals surface area contributed by atoms with Gasteiger partial charge in [0, 0.05) is 0 Å². The minimum Gasteiger partial charge on any atom is -0.480 e. The molecule has 2 aromatic heterocycles. The highest BCUT2D eigenvalue weighted by Crippen LogP contribution is 2.29. The molecule has 2 heterocycles. The third-order valence-corrected chi connectivity index (χ3v) is 5.11. The van der Waals surface area contributed by atoms with Crippen LogP contribution in [0.25, 0.3) is 11.2 Å². The maximum absolute atomic E-state index is 13.0. The molecule has 136 valence electrons. The fourth-order valence-corrected chi connectivity index (χ4v) is 3.49. The van der Waals surface area contributed by atoms with Crippen LogP contribution in [0, 0.1) is 5.82 Å². The van der Waals surface area contributed by atoms with Gasteiger partial charge in [-0.2, -0.15) is 0 Å². The second-order valence-electron chi connectivity index (χ2n) is 5.81. The molecule has 9 heteroatoms. The number of nitrogens with zero attached hydrogens (tertiary/aromatic N) is 5. The first-order chi connectivity index (χ1) is 12.6. The highest BCUT2D eigenvalue weighted by molar-refractivity contribution is 8.00. The monoisotopic (exact) mass is 375 g/mol. The van der Waals surface area contributed by atoms with Crippen molar-refractivity contribution >= 4 is 28.9 Å². The molecule has 1 N–H and O–H groups in total. The minimum atomic E-state index is -0.867. The molecule has 0 saturated heterocycles. The number of carboxylic acids is 1. The summed E-state index contributed by atoms with van der Waals surface area (Å²) < 4.78 is 14.6. The lowest BCUT2D eigenvalue weighted by molar-refractivity contribution is -0.136. The molecule has 0 spiro atoms. The van der Waals surface area contributed by atoms with Crippen molar-refractivity contribution in [3.05, 3.63) is 42.0 Å². The average molecular weight is 375 g/mol. The van der Waals surface area contributed by atoms with Gasteiger partial charge in [0.05, 0.1) is 6.54 Å². The van der Waals surface area contributed by atoms with Crippen molar-refractivity contribution in [3.63, 3.8) is 0 Å². The fraction of sp³-hybridized carbons (Fsp3) is 0.353. The summed E-state index contributed by atoms with van der Waals surface area (Å²) in [5.41, 5.74) is 1.85.